The molecule has 2 saturated heterocycles. The monoisotopic (exact) mass is 378 g/mol. The molecule has 26 heavy (non-hydrogen) atoms. The van der Waals surface area contributed by atoms with Crippen molar-refractivity contribution < 1.29 is 9.59 Å². The second-order valence-corrected chi connectivity index (χ2v) is 7.68. The maximum atomic E-state index is 12.5. The number of carbonyl (C=O) groups is 2. The Morgan fingerprint density at radius 1 is 1.04 bits per heavy atom. The molecule has 142 valence electrons. The Morgan fingerprint density at radius 3 is 2.31 bits per heavy atom. The fraction of sp³-hybridized carbons (Fsp3) is 0.579. The summed E-state index contributed by atoms with van der Waals surface area (Å²) >= 11 is 6.05. The van der Waals surface area contributed by atoms with Gasteiger partial charge in [0.1, 0.15) is 0 Å². The Bertz CT molecular complexity index is 638. The molecule has 6 nitrogen and oxygen atoms in total. The molecule has 0 atom stereocenters. The predicted octanol–water partition coefficient (Wildman–Crippen LogP) is 1.18. The van der Waals surface area contributed by atoms with Crippen molar-refractivity contribution in [2.75, 3.05) is 45.8 Å². The van der Waals surface area contributed by atoms with E-state index in [9.17, 15) is 9.59 Å². The molecular weight excluding hydrogens is 352 g/mol. The predicted molar refractivity (Wildman–Crippen MR) is 102 cm³/mol. The van der Waals surface area contributed by atoms with Crippen molar-refractivity contribution in [2.45, 2.75) is 19.4 Å². The topological polar surface area (TPSA) is 69.9 Å². The number of primary amides is 1. The highest BCUT2D eigenvalue weighted by Gasteiger charge is 2.27. The molecule has 0 unspecified atom stereocenters. The average molecular weight is 379 g/mol. The van der Waals surface area contributed by atoms with E-state index in [0.29, 0.717) is 32.5 Å². The van der Waals surface area contributed by atoms with Crippen LogP contribution >= 0.6 is 11.6 Å². The number of carbonyl (C=O) groups excluding carboxylic acids is 2. The Morgan fingerprint density at radius 2 is 1.69 bits per heavy atom. The van der Waals surface area contributed by atoms with Crippen molar-refractivity contribution in [2.24, 2.45) is 11.7 Å². The lowest BCUT2D eigenvalue weighted by atomic mass is 9.96. The van der Waals surface area contributed by atoms with E-state index in [1.165, 1.54) is 5.56 Å². The van der Waals surface area contributed by atoms with Gasteiger partial charge in [-0.25, -0.2) is 0 Å². The molecule has 2 aliphatic heterocycles. The Kier molecular flexibility index (Phi) is 6.51. The summed E-state index contributed by atoms with van der Waals surface area (Å²) in [5.74, 6) is -0.154. The van der Waals surface area contributed by atoms with Crippen LogP contribution in [-0.4, -0.2) is 72.3 Å². The summed E-state index contributed by atoms with van der Waals surface area (Å²) in [6, 6.07) is 7.97. The summed E-state index contributed by atoms with van der Waals surface area (Å²) < 4.78 is 0. The van der Waals surface area contributed by atoms with Crippen LogP contribution in [0.2, 0.25) is 5.02 Å². The Hall–Kier alpha value is -1.63. The molecule has 2 aliphatic rings. The van der Waals surface area contributed by atoms with Crippen molar-refractivity contribution in [1.82, 2.24) is 14.7 Å². The van der Waals surface area contributed by atoms with Crippen molar-refractivity contribution in [3.8, 4) is 0 Å². The van der Waals surface area contributed by atoms with Crippen LogP contribution in [0.5, 0.6) is 0 Å². The number of piperazine rings is 1. The largest absolute Gasteiger partial charge is 0.369 e. The molecule has 0 spiro atoms. The van der Waals surface area contributed by atoms with Crippen LogP contribution in [0.15, 0.2) is 24.3 Å². The lowest BCUT2D eigenvalue weighted by molar-refractivity contribution is -0.136. The quantitative estimate of drug-likeness (QED) is 0.835. The molecule has 2 N–H and O–H groups in total. The summed E-state index contributed by atoms with van der Waals surface area (Å²) in [7, 11) is 0. The molecule has 1 aromatic carbocycles. The van der Waals surface area contributed by atoms with Gasteiger partial charge < -0.3 is 10.6 Å². The smallest absolute Gasteiger partial charge is 0.236 e. The van der Waals surface area contributed by atoms with E-state index in [4.69, 9.17) is 17.3 Å². The first kappa shape index (κ1) is 19.1. The Labute approximate surface area is 159 Å². The first-order chi connectivity index (χ1) is 12.5. The van der Waals surface area contributed by atoms with Crippen LogP contribution in [-0.2, 0) is 16.1 Å². The third-order valence-corrected chi connectivity index (χ3v) is 5.60. The second-order valence-electron chi connectivity index (χ2n) is 7.24. The lowest BCUT2D eigenvalue weighted by Gasteiger charge is -2.36. The molecule has 7 heteroatoms. The molecule has 0 radical (unpaired) electrons. The average Bonchev–Trinajstić information content (AvgIpc) is 2.63. The number of hydrogen-bond acceptors (Lipinski definition) is 4. The number of piperidine rings is 1. The number of amides is 2. The van der Waals surface area contributed by atoms with Gasteiger partial charge in [-0.1, -0.05) is 23.7 Å². The van der Waals surface area contributed by atoms with Crippen LogP contribution in [0.1, 0.15) is 18.4 Å². The summed E-state index contributed by atoms with van der Waals surface area (Å²) in [6.45, 7) is 6.32. The molecule has 1 aromatic rings. The van der Waals surface area contributed by atoms with Gasteiger partial charge in [0, 0.05) is 56.8 Å². The SMILES string of the molecule is NC(=O)C1CCN(C(=O)CN2CCN(Cc3cccc(Cl)c3)CC2)CC1. The molecular formula is C19H27ClN4O2. The molecule has 2 heterocycles. The number of likely N-dealkylation sites (tertiary alicyclic amines) is 1. The maximum Gasteiger partial charge on any atom is 0.236 e. The summed E-state index contributed by atoms with van der Waals surface area (Å²) in [6.07, 6.45) is 1.38. The van der Waals surface area contributed by atoms with Gasteiger partial charge in [0.05, 0.1) is 6.54 Å². The van der Waals surface area contributed by atoms with Crippen molar-refractivity contribution >= 4 is 23.4 Å². The first-order valence-corrected chi connectivity index (χ1v) is 9.65. The maximum absolute atomic E-state index is 12.5. The number of rotatable bonds is 5. The molecule has 2 fully saturated rings. The van der Waals surface area contributed by atoms with Crippen molar-refractivity contribution in [1.29, 1.82) is 0 Å². The van der Waals surface area contributed by atoms with Crippen molar-refractivity contribution in [3.05, 3.63) is 34.9 Å². The van der Waals surface area contributed by atoms with Crippen LogP contribution in [0.25, 0.3) is 0 Å². The number of nitrogens with two attached hydrogens (primary N) is 1. The third-order valence-electron chi connectivity index (χ3n) is 5.37. The lowest BCUT2D eigenvalue weighted by Crippen LogP contribution is -2.51. The zero-order valence-corrected chi connectivity index (χ0v) is 15.8. The highest BCUT2D eigenvalue weighted by Crippen LogP contribution is 2.17. The normalized spacial score (nSPS) is 20.3. The summed E-state index contributed by atoms with van der Waals surface area (Å²) in [4.78, 5) is 30.2. The standard InChI is InChI=1S/C19H27ClN4O2/c20-17-3-1-2-15(12-17)13-22-8-10-23(11-9-22)14-18(25)24-6-4-16(5-7-24)19(21)26/h1-3,12,16H,4-11,13-14H2,(H2,21,26). The van der Waals surface area contributed by atoms with Crippen LogP contribution < -0.4 is 5.73 Å². The zero-order valence-electron chi connectivity index (χ0n) is 15.1. The molecule has 0 bridgehead atoms. The van der Waals surface area contributed by atoms with Gasteiger partial charge in [0.15, 0.2) is 0 Å². The highest BCUT2D eigenvalue weighted by molar-refractivity contribution is 6.30. The number of nitrogens with zero attached hydrogens (tertiary/aromatic N) is 3. The van der Waals surface area contributed by atoms with E-state index in [2.05, 4.69) is 15.9 Å². The third kappa shape index (κ3) is 5.19. The summed E-state index contributed by atoms with van der Waals surface area (Å²) in [5.41, 5.74) is 6.57. The summed E-state index contributed by atoms with van der Waals surface area (Å²) in [5, 5.41) is 0.770. The van der Waals surface area contributed by atoms with E-state index in [1.54, 1.807) is 0 Å². The van der Waals surface area contributed by atoms with Gasteiger partial charge in [-0.3, -0.25) is 19.4 Å². The number of benzene rings is 1. The van der Waals surface area contributed by atoms with E-state index in [0.717, 1.165) is 37.7 Å². The van der Waals surface area contributed by atoms with E-state index < -0.39 is 0 Å². The second kappa shape index (κ2) is 8.84. The van der Waals surface area contributed by atoms with E-state index in [1.807, 2.05) is 23.1 Å². The zero-order chi connectivity index (χ0) is 18.5. The fourth-order valence-electron chi connectivity index (χ4n) is 3.70. The van der Waals surface area contributed by atoms with Gasteiger partial charge >= 0.3 is 0 Å². The highest BCUT2D eigenvalue weighted by atomic mass is 35.5. The number of halogens is 1. The van der Waals surface area contributed by atoms with Gasteiger partial charge in [0.25, 0.3) is 0 Å². The van der Waals surface area contributed by atoms with Crippen molar-refractivity contribution in [3.63, 3.8) is 0 Å². The molecule has 2 amide bonds. The van der Waals surface area contributed by atoms with Gasteiger partial charge in [-0.2, -0.15) is 0 Å². The minimum Gasteiger partial charge on any atom is -0.369 e. The molecule has 0 aliphatic carbocycles. The molecule has 0 aromatic heterocycles. The van der Waals surface area contributed by atoms with Gasteiger partial charge in [0.2, 0.25) is 11.8 Å². The Balaban J connectivity index is 1.40. The van der Waals surface area contributed by atoms with Gasteiger partial charge in [-0.05, 0) is 30.5 Å². The minimum absolute atomic E-state index is 0.0749. The minimum atomic E-state index is -0.243. The van der Waals surface area contributed by atoms with E-state index >= 15 is 0 Å². The van der Waals surface area contributed by atoms with E-state index in [-0.39, 0.29) is 17.7 Å². The van der Waals surface area contributed by atoms with Gasteiger partial charge in [-0.15, -0.1) is 0 Å². The molecule has 3 rings (SSSR count). The first-order valence-electron chi connectivity index (χ1n) is 9.27. The van der Waals surface area contributed by atoms with Crippen LogP contribution in [0, 0.1) is 5.92 Å². The fourth-order valence-corrected chi connectivity index (χ4v) is 3.92. The molecule has 0 saturated carbocycles. The number of hydrogen-bond donors (Lipinski definition) is 1. The van der Waals surface area contributed by atoms with Crippen LogP contribution in [0.3, 0.4) is 0 Å². The van der Waals surface area contributed by atoms with Crippen LogP contribution in [0.4, 0.5) is 0 Å².